The molecule has 1 aromatic rings. The Morgan fingerprint density at radius 2 is 1.86 bits per heavy atom. The van der Waals surface area contributed by atoms with Crippen LogP contribution in [0.1, 0.15) is 47.6 Å². The standard InChI is InChI=1S/C14H24N4O3/c1-9(2)18-8-10(7-15-18)16-12(21)17-14(5,6)13(3,4)11(19)20/h7-9H,1-6H3,(H,19,20)(H2,16,17,21). The maximum absolute atomic E-state index is 12.0. The third-order valence-electron chi connectivity index (χ3n) is 3.91. The van der Waals surface area contributed by atoms with Gasteiger partial charge in [-0.2, -0.15) is 5.10 Å². The molecule has 0 aliphatic rings. The highest BCUT2D eigenvalue weighted by atomic mass is 16.4. The normalized spacial score (nSPS) is 12.3. The van der Waals surface area contributed by atoms with Gasteiger partial charge >= 0.3 is 12.0 Å². The van der Waals surface area contributed by atoms with Crippen LogP contribution in [-0.2, 0) is 4.79 Å². The summed E-state index contributed by atoms with van der Waals surface area (Å²) in [4.78, 5) is 23.3. The fraction of sp³-hybridized carbons (Fsp3) is 0.643. The smallest absolute Gasteiger partial charge is 0.319 e. The number of urea groups is 1. The van der Waals surface area contributed by atoms with Gasteiger partial charge in [0, 0.05) is 12.2 Å². The molecule has 0 atom stereocenters. The largest absolute Gasteiger partial charge is 0.481 e. The van der Waals surface area contributed by atoms with E-state index in [-0.39, 0.29) is 6.04 Å². The van der Waals surface area contributed by atoms with Crippen LogP contribution >= 0.6 is 0 Å². The van der Waals surface area contributed by atoms with E-state index in [1.807, 2.05) is 13.8 Å². The zero-order chi connectivity index (χ0) is 16.4. The number of carbonyl (C=O) groups is 2. The van der Waals surface area contributed by atoms with Crippen molar-refractivity contribution in [1.82, 2.24) is 15.1 Å². The van der Waals surface area contributed by atoms with Gasteiger partial charge in [-0.25, -0.2) is 4.79 Å². The minimum Gasteiger partial charge on any atom is -0.481 e. The number of nitrogens with one attached hydrogen (secondary N) is 2. The third-order valence-corrected chi connectivity index (χ3v) is 3.91. The Hall–Kier alpha value is -2.05. The molecule has 3 N–H and O–H groups in total. The zero-order valence-corrected chi connectivity index (χ0v) is 13.4. The number of hydrogen-bond donors (Lipinski definition) is 3. The lowest BCUT2D eigenvalue weighted by Crippen LogP contribution is -2.57. The first-order valence-electron chi connectivity index (χ1n) is 6.84. The fourth-order valence-electron chi connectivity index (χ4n) is 1.55. The number of hydrogen-bond acceptors (Lipinski definition) is 3. The summed E-state index contributed by atoms with van der Waals surface area (Å²) in [6.07, 6.45) is 3.27. The average molecular weight is 296 g/mol. The van der Waals surface area contributed by atoms with Crippen LogP contribution in [-0.4, -0.2) is 32.4 Å². The first kappa shape index (κ1) is 17.0. The molecule has 7 nitrogen and oxygen atoms in total. The van der Waals surface area contributed by atoms with Crippen molar-refractivity contribution in [3.8, 4) is 0 Å². The molecule has 21 heavy (non-hydrogen) atoms. The fourth-order valence-corrected chi connectivity index (χ4v) is 1.55. The van der Waals surface area contributed by atoms with E-state index in [0.717, 1.165) is 0 Å². The van der Waals surface area contributed by atoms with E-state index in [1.54, 1.807) is 44.8 Å². The molecule has 0 saturated carbocycles. The summed E-state index contributed by atoms with van der Waals surface area (Å²) in [5.41, 5.74) is -1.46. The molecule has 0 aliphatic carbocycles. The molecule has 0 radical (unpaired) electrons. The summed E-state index contributed by atoms with van der Waals surface area (Å²) >= 11 is 0. The van der Waals surface area contributed by atoms with Crippen molar-refractivity contribution < 1.29 is 14.7 Å². The highest BCUT2D eigenvalue weighted by molar-refractivity contribution is 5.90. The highest BCUT2D eigenvalue weighted by Crippen LogP contribution is 2.30. The molecule has 0 aliphatic heterocycles. The van der Waals surface area contributed by atoms with Crippen molar-refractivity contribution in [2.75, 3.05) is 5.32 Å². The molecule has 1 rings (SSSR count). The van der Waals surface area contributed by atoms with Gasteiger partial charge in [0.15, 0.2) is 0 Å². The van der Waals surface area contributed by atoms with Gasteiger partial charge in [-0.1, -0.05) is 0 Å². The molecule has 1 aromatic heterocycles. The van der Waals surface area contributed by atoms with Crippen molar-refractivity contribution in [3.05, 3.63) is 12.4 Å². The van der Waals surface area contributed by atoms with E-state index in [4.69, 9.17) is 0 Å². The van der Waals surface area contributed by atoms with Crippen molar-refractivity contribution in [3.63, 3.8) is 0 Å². The van der Waals surface area contributed by atoms with Crippen molar-refractivity contribution >= 4 is 17.7 Å². The Bertz CT molecular complexity index is 532. The number of aromatic nitrogens is 2. The predicted molar refractivity (Wildman–Crippen MR) is 80.3 cm³/mol. The third kappa shape index (κ3) is 3.74. The van der Waals surface area contributed by atoms with Crippen LogP contribution in [0.25, 0.3) is 0 Å². The number of carboxylic acids is 1. The maximum atomic E-state index is 12.0. The van der Waals surface area contributed by atoms with E-state index in [0.29, 0.717) is 5.69 Å². The molecule has 0 saturated heterocycles. The van der Waals surface area contributed by atoms with Gasteiger partial charge in [0.2, 0.25) is 0 Å². The monoisotopic (exact) mass is 296 g/mol. The summed E-state index contributed by atoms with van der Waals surface area (Å²) in [7, 11) is 0. The second-order valence-corrected chi connectivity index (χ2v) is 6.44. The van der Waals surface area contributed by atoms with Crippen molar-refractivity contribution in [2.45, 2.75) is 53.1 Å². The molecule has 7 heteroatoms. The van der Waals surface area contributed by atoms with Gasteiger partial charge in [0.05, 0.1) is 22.8 Å². The lowest BCUT2D eigenvalue weighted by atomic mass is 9.74. The highest BCUT2D eigenvalue weighted by Gasteiger charge is 2.44. The second-order valence-electron chi connectivity index (χ2n) is 6.44. The first-order valence-corrected chi connectivity index (χ1v) is 6.84. The van der Waals surface area contributed by atoms with Gasteiger partial charge in [-0.05, 0) is 41.5 Å². The van der Waals surface area contributed by atoms with Crippen LogP contribution in [0.15, 0.2) is 12.4 Å². The molecule has 2 amide bonds. The summed E-state index contributed by atoms with van der Waals surface area (Å²) in [5.74, 6) is -0.972. The Balaban J connectivity index is 2.74. The lowest BCUT2D eigenvalue weighted by Gasteiger charge is -2.38. The van der Waals surface area contributed by atoms with Crippen molar-refractivity contribution in [1.29, 1.82) is 0 Å². The van der Waals surface area contributed by atoms with Crippen LogP contribution in [0.4, 0.5) is 10.5 Å². The number of carboxylic acid groups (broad SMARTS) is 1. The zero-order valence-electron chi connectivity index (χ0n) is 13.4. The molecule has 0 fully saturated rings. The summed E-state index contributed by atoms with van der Waals surface area (Å²) in [6.45, 7) is 10.5. The van der Waals surface area contributed by atoms with Crippen LogP contribution in [0.2, 0.25) is 0 Å². The van der Waals surface area contributed by atoms with Crippen LogP contribution < -0.4 is 10.6 Å². The molecule has 0 spiro atoms. The van der Waals surface area contributed by atoms with E-state index < -0.39 is 23.0 Å². The molecule has 1 heterocycles. The number of aliphatic carboxylic acids is 1. The van der Waals surface area contributed by atoms with Crippen LogP contribution in [0, 0.1) is 5.41 Å². The lowest BCUT2D eigenvalue weighted by molar-refractivity contribution is -0.150. The topological polar surface area (TPSA) is 96.2 Å². The van der Waals surface area contributed by atoms with Gasteiger partial charge in [0.1, 0.15) is 0 Å². The predicted octanol–water partition coefficient (Wildman–Crippen LogP) is 2.47. The van der Waals surface area contributed by atoms with E-state index in [2.05, 4.69) is 15.7 Å². The minimum absolute atomic E-state index is 0.200. The summed E-state index contributed by atoms with van der Waals surface area (Å²) in [6, 6.07) is -0.261. The molecular weight excluding hydrogens is 272 g/mol. The van der Waals surface area contributed by atoms with E-state index in [1.165, 1.54) is 0 Å². The Morgan fingerprint density at radius 3 is 2.29 bits per heavy atom. The molecule has 0 bridgehead atoms. The molecule has 0 aromatic carbocycles. The maximum Gasteiger partial charge on any atom is 0.319 e. The number of carbonyl (C=O) groups excluding carboxylic acids is 1. The summed E-state index contributed by atoms with van der Waals surface area (Å²) in [5, 5.41) is 18.7. The van der Waals surface area contributed by atoms with Crippen LogP contribution in [0.5, 0.6) is 0 Å². The second kappa shape index (κ2) is 5.75. The van der Waals surface area contributed by atoms with E-state index in [9.17, 15) is 14.7 Å². The number of amides is 2. The number of rotatable bonds is 5. The number of nitrogens with zero attached hydrogens (tertiary/aromatic N) is 2. The molecule has 118 valence electrons. The van der Waals surface area contributed by atoms with Crippen LogP contribution in [0.3, 0.4) is 0 Å². The van der Waals surface area contributed by atoms with Gasteiger partial charge in [0.25, 0.3) is 0 Å². The van der Waals surface area contributed by atoms with Crippen molar-refractivity contribution in [2.24, 2.45) is 5.41 Å². The quantitative estimate of drug-likeness (QED) is 0.777. The van der Waals surface area contributed by atoms with Gasteiger partial charge in [-0.3, -0.25) is 9.48 Å². The Morgan fingerprint density at radius 1 is 1.29 bits per heavy atom. The SMILES string of the molecule is CC(C)n1cc(NC(=O)NC(C)(C)C(C)(C)C(=O)O)cn1. The Labute approximate surface area is 124 Å². The average Bonchev–Trinajstić information content (AvgIpc) is 2.76. The molecule has 0 unspecified atom stereocenters. The minimum atomic E-state index is -1.10. The van der Waals surface area contributed by atoms with E-state index >= 15 is 0 Å². The first-order chi connectivity index (χ1) is 9.47. The molecular formula is C14H24N4O3. The van der Waals surface area contributed by atoms with Gasteiger partial charge < -0.3 is 15.7 Å². The summed E-state index contributed by atoms with van der Waals surface area (Å²) < 4.78 is 1.72. The number of anilines is 1. The van der Waals surface area contributed by atoms with Gasteiger partial charge in [-0.15, -0.1) is 0 Å². The Kier molecular flexibility index (Phi) is 4.65.